The molecular weight excluding hydrogens is 665 g/mol. The molecule has 0 heterocycles. The van der Waals surface area contributed by atoms with E-state index in [2.05, 4.69) is 109 Å². The highest BCUT2D eigenvalue weighted by Crippen LogP contribution is 2.70. The van der Waals surface area contributed by atoms with E-state index >= 15 is 4.57 Å². The molecule has 0 unspecified atom stereocenters. The standard InChI is InChI=1S/C39H39N2O3P3Si/c1-48(2,3)41(45(36-26-14-6-15-27-36)37-28-16-7-17-29-37)46(38-30-18-8-19-31-38,39-32-20-9-21-33-39)40-47(42,43-34-22-10-4-11-23-34)44-35-24-12-5-13-25-35/h4-33H,1-3H3. The van der Waals surface area contributed by atoms with E-state index in [0.29, 0.717) is 11.5 Å². The molecule has 0 bridgehead atoms. The van der Waals surface area contributed by atoms with E-state index in [9.17, 15) is 0 Å². The van der Waals surface area contributed by atoms with E-state index in [1.165, 1.54) is 10.6 Å². The van der Waals surface area contributed by atoms with Gasteiger partial charge in [-0.2, -0.15) is 4.52 Å². The van der Waals surface area contributed by atoms with Crippen molar-refractivity contribution < 1.29 is 13.6 Å². The Morgan fingerprint density at radius 1 is 0.500 bits per heavy atom. The fraction of sp³-hybridized carbons (Fsp3) is 0.0769. The van der Waals surface area contributed by atoms with E-state index in [4.69, 9.17) is 13.6 Å². The van der Waals surface area contributed by atoms with Gasteiger partial charge in [-0.15, -0.1) is 0 Å². The normalized spacial score (nSPS) is 12.1. The van der Waals surface area contributed by atoms with Crippen LogP contribution >= 0.6 is 23.0 Å². The molecule has 5 nitrogen and oxygen atoms in total. The third-order valence-electron chi connectivity index (χ3n) is 7.46. The maximum Gasteiger partial charge on any atom is 0.563 e. The van der Waals surface area contributed by atoms with Gasteiger partial charge in [0.1, 0.15) is 26.9 Å². The first kappa shape index (κ1) is 33.9. The number of hydrogen-bond acceptors (Lipinski definition) is 3. The quantitative estimate of drug-likeness (QED) is 0.0940. The topological polar surface area (TPSA) is 51.1 Å². The summed E-state index contributed by atoms with van der Waals surface area (Å²) in [6.07, 6.45) is 0. The maximum atomic E-state index is 15.7. The number of benzene rings is 6. The fourth-order valence-corrected chi connectivity index (χ4v) is 22.9. The first-order valence-electron chi connectivity index (χ1n) is 15.8. The Labute approximate surface area is 286 Å². The molecule has 0 aliphatic carbocycles. The van der Waals surface area contributed by atoms with Crippen molar-refractivity contribution in [1.82, 2.24) is 4.11 Å². The van der Waals surface area contributed by atoms with Gasteiger partial charge in [-0.1, -0.05) is 177 Å². The summed E-state index contributed by atoms with van der Waals surface area (Å²) in [5.41, 5.74) is 0. The first-order chi connectivity index (χ1) is 23.3. The van der Waals surface area contributed by atoms with E-state index in [1.54, 1.807) is 24.3 Å². The molecule has 0 aliphatic rings. The fourth-order valence-electron chi connectivity index (χ4n) is 5.59. The molecule has 6 rings (SSSR count). The van der Waals surface area contributed by atoms with Crippen LogP contribution in [-0.2, 0) is 4.57 Å². The van der Waals surface area contributed by atoms with Gasteiger partial charge >= 0.3 is 7.75 Å². The highest BCUT2D eigenvalue weighted by atomic mass is 31.2. The predicted molar refractivity (Wildman–Crippen MR) is 208 cm³/mol. The van der Waals surface area contributed by atoms with Gasteiger partial charge in [-0.3, -0.25) is 4.11 Å². The third-order valence-corrected chi connectivity index (χ3v) is 22.4. The van der Waals surface area contributed by atoms with Crippen LogP contribution in [0.4, 0.5) is 0 Å². The van der Waals surface area contributed by atoms with Crippen LogP contribution in [0.2, 0.25) is 19.6 Å². The van der Waals surface area contributed by atoms with Gasteiger partial charge in [-0.05, 0) is 34.9 Å². The predicted octanol–water partition coefficient (Wildman–Crippen LogP) is 10.2. The highest BCUT2D eigenvalue weighted by molar-refractivity contribution is 7.93. The molecule has 0 radical (unpaired) electrons. The molecule has 0 atom stereocenters. The monoisotopic (exact) mass is 704 g/mol. The molecule has 9 heteroatoms. The first-order valence-corrected chi connectivity index (χ1v) is 23.8. The van der Waals surface area contributed by atoms with Gasteiger partial charge in [0, 0.05) is 18.7 Å². The molecule has 6 aromatic carbocycles. The zero-order chi connectivity index (χ0) is 33.5. The SMILES string of the molecule is C[Si](C)(C)N(P(c1ccccc1)c1ccccc1)P(=NP(=O)(Oc1ccccc1)Oc1ccccc1)(c1ccccc1)c1ccccc1. The van der Waals surface area contributed by atoms with Crippen LogP contribution in [-0.4, -0.2) is 12.3 Å². The minimum atomic E-state index is -4.30. The van der Waals surface area contributed by atoms with E-state index in [1.807, 2.05) is 72.8 Å². The van der Waals surface area contributed by atoms with Crippen LogP contribution < -0.4 is 30.3 Å². The molecule has 0 N–H and O–H groups in total. The number of nitrogens with zero attached hydrogens (tertiary/aromatic N) is 2. The van der Waals surface area contributed by atoms with Crippen molar-refractivity contribution in [2.75, 3.05) is 0 Å². The Morgan fingerprint density at radius 2 is 0.812 bits per heavy atom. The maximum absolute atomic E-state index is 15.7. The van der Waals surface area contributed by atoms with Crippen molar-refractivity contribution in [3.05, 3.63) is 182 Å². The summed E-state index contributed by atoms with van der Waals surface area (Å²) in [7, 11) is -11.1. The van der Waals surface area contributed by atoms with Crippen molar-refractivity contribution in [3.63, 3.8) is 0 Å². The van der Waals surface area contributed by atoms with Gasteiger partial charge in [0.25, 0.3) is 0 Å². The van der Waals surface area contributed by atoms with Crippen LogP contribution in [0.5, 0.6) is 11.5 Å². The molecule has 48 heavy (non-hydrogen) atoms. The van der Waals surface area contributed by atoms with Crippen LogP contribution in [0.25, 0.3) is 0 Å². The van der Waals surface area contributed by atoms with Crippen molar-refractivity contribution >= 4 is 52.5 Å². The molecular formula is C39H39N2O3P3Si. The van der Waals surface area contributed by atoms with Crippen LogP contribution in [0, 0.1) is 0 Å². The second kappa shape index (κ2) is 15.0. The zero-order valence-electron chi connectivity index (χ0n) is 27.3. The Hall–Kier alpha value is -4.01. The van der Waals surface area contributed by atoms with Crippen LogP contribution in [0.15, 0.2) is 187 Å². The summed E-state index contributed by atoms with van der Waals surface area (Å²) in [6.45, 7) is 7.06. The van der Waals surface area contributed by atoms with Crippen molar-refractivity contribution in [3.8, 4) is 11.5 Å². The van der Waals surface area contributed by atoms with Gasteiger partial charge in [0.05, 0.1) is 0 Å². The van der Waals surface area contributed by atoms with Crippen molar-refractivity contribution in [2.45, 2.75) is 19.6 Å². The van der Waals surface area contributed by atoms with Crippen LogP contribution in [0.3, 0.4) is 0 Å². The average Bonchev–Trinajstić information content (AvgIpc) is 3.11. The summed E-state index contributed by atoms with van der Waals surface area (Å²) >= 11 is 0. The largest absolute Gasteiger partial charge is 0.563 e. The lowest BCUT2D eigenvalue weighted by molar-refractivity contribution is 0.388. The molecule has 0 saturated heterocycles. The van der Waals surface area contributed by atoms with Crippen molar-refractivity contribution in [1.29, 1.82) is 0 Å². The number of rotatable bonds is 12. The lowest BCUT2D eigenvalue weighted by Gasteiger charge is -2.49. The lowest BCUT2D eigenvalue weighted by Crippen LogP contribution is -2.48. The van der Waals surface area contributed by atoms with Crippen LogP contribution in [0.1, 0.15) is 0 Å². The highest BCUT2D eigenvalue weighted by Gasteiger charge is 2.48. The number of hydrogen-bond donors (Lipinski definition) is 0. The van der Waals surface area contributed by atoms with Gasteiger partial charge in [0.15, 0.2) is 0 Å². The van der Waals surface area contributed by atoms with Gasteiger partial charge in [0.2, 0.25) is 0 Å². The van der Waals surface area contributed by atoms with Crippen molar-refractivity contribution in [2.24, 2.45) is 4.52 Å². The summed E-state index contributed by atoms with van der Waals surface area (Å²) in [6, 6.07) is 60.4. The molecule has 0 saturated carbocycles. The van der Waals surface area contributed by atoms with E-state index < -0.39 is 31.3 Å². The Kier molecular flexibility index (Phi) is 10.6. The smallest absolute Gasteiger partial charge is 0.399 e. The third kappa shape index (κ3) is 7.66. The summed E-state index contributed by atoms with van der Waals surface area (Å²) in [5, 5.41) is 4.34. The lowest BCUT2D eigenvalue weighted by atomic mass is 10.3. The Balaban J connectivity index is 1.77. The van der Waals surface area contributed by atoms with E-state index in [-0.39, 0.29) is 0 Å². The summed E-state index contributed by atoms with van der Waals surface area (Å²) < 4.78 is 36.8. The molecule has 0 fully saturated rings. The van der Waals surface area contributed by atoms with Gasteiger partial charge in [-0.25, -0.2) is 4.57 Å². The Morgan fingerprint density at radius 3 is 1.15 bits per heavy atom. The summed E-state index contributed by atoms with van der Waals surface area (Å²) in [5.74, 6) is 0.848. The minimum absolute atomic E-state index is 0.424. The second-order valence-electron chi connectivity index (χ2n) is 12.1. The molecule has 0 aliphatic heterocycles. The van der Waals surface area contributed by atoms with E-state index in [0.717, 1.165) is 10.6 Å². The average molecular weight is 705 g/mol. The minimum Gasteiger partial charge on any atom is -0.399 e. The molecule has 0 aromatic heterocycles. The summed E-state index contributed by atoms with van der Waals surface area (Å²) in [4.78, 5) is 0. The second-order valence-corrected chi connectivity index (χ2v) is 24.6. The molecule has 6 aromatic rings. The molecule has 0 spiro atoms. The zero-order valence-corrected chi connectivity index (χ0v) is 31.0. The molecule has 242 valence electrons. The Bertz CT molecular complexity index is 1870. The number of para-hydroxylation sites is 2. The van der Waals surface area contributed by atoms with Gasteiger partial charge < -0.3 is 9.05 Å². The molecule has 0 amide bonds.